The van der Waals surface area contributed by atoms with Crippen LogP contribution in [0.2, 0.25) is 0 Å². The van der Waals surface area contributed by atoms with E-state index in [9.17, 15) is 0 Å². The van der Waals surface area contributed by atoms with Crippen molar-refractivity contribution in [1.82, 2.24) is 4.90 Å². The number of nitrogens with two attached hydrogens (primary N) is 1. The van der Waals surface area contributed by atoms with Crippen molar-refractivity contribution in [2.45, 2.75) is 52.5 Å². The molecule has 1 fully saturated rings. The summed E-state index contributed by atoms with van der Waals surface area (Å²) in [5.41, 5.74) is 6.08. The second-order valence-electron chi connectivity index (χ2n) is 6.58. The van der Waals surface area contributed by atoms with Crippen molar-refractivity contribution >= 4 is 0 Å². The van der Waals surface area contributed by atoms with Gasteiger partial charge in [-0.05, 0) is 57.0 Å². The smallest absolute Gasteiger partial charge is 0.0589 e. The highest BCUT2D eigenvalue weighted by atomic mass is 16.5. The van der Waals surface area contributed by atoms with Crippen molar-refractivity contribution in [3.8, 4) is 0 Å². The van der Waals surface area contributed by atoms with Gasteiger partial charge in [-0.3, -0.25) is 4.90 Å². The summed E-state index contributed by atoms with van der Waals surface area (Å²) in [4.78, 5) is 2.60. The SMILES string of the molecule is COCCN(CCCC(C)(C)CN)C(C)C1CC1. The van der Waals surface area contributed by atoms with E-state index in [1.165, 1.54) is 32.2 Å². The van der Waals surface area contributed by atoms with Crippen molar-refractivity contribution in [3.63, 3.8) is 0 Å². The van der Waals surface area contributed by atoms with Crippen LogP contribution in [0.1, 0.15) is 46.5 Å². The van der Waals surface area contributed by atoms with E-state index in [4.69, 9.17) is 10.5 Å². The molecule has 0 bridgehead atoms. The van der Waals surface area contributed by atoms with E-state index in [0.29, 0.717) is 0 Å². The van der Waals surface area contributed by atoms with E-state index < -0.39 is 0 Å². The van der Waals surface area contributed by atoms with Gasteiger partial charge in [-0.1, -0.05) is 13.8 Å². The van der Waals surface area contributed by atoms with Gasteiger partial charge >= 0.3 is 0 Å². The van der Waals surface area contributed by atoms with E-state index in [2.05, 4.69) is 25.7 Å². The first-order chi connectivity index (χ1) is 8.50. The molecule has 0 aliphatic heterocycles. The lowest BCUT2D eigenvalue weighted by Gasteiger charge is -2.30. The normalized spacial score (nSPS) is 18.3. The third-order valence-electron chi connectivity index (χ3n) is 4.31. The lowest BCUT2D eigenvalue weighted by molar-refractivity contribution is 0.112. The van der Waals surface area contributed by atoms with Crippen LogP contribution in [0.15, 0.2) is 0 Å². The quantitative estimate of drug-likeness (QED) is 0.652. The summed E-state index contributed by atoms with van der Waals surface area (Å²) in [5, 5.41) is 0. The molecule has 3 nitrogen and oxygen atoms in total. The number of hydrogen-bond acceptors (Lipinski definition) is 3. The van der Waals surface area contributed by atoms with Crippen molar-refractivity contribution in [1.29, 1.82) is 0 Å². The first-order valence-electron chi connectivity index (χ1n) is 7.43. The molecule has 0 heterocycles. The van der Waals surface area contributed by atoms with Crippen molar-refractivity contribution in [2.75, 3.05) is 33.4 Å². The van der Waals surface area contributed by atoms with E-state index in [-0.39, 0.29) is 5.41 Å². The first-order valence-corrected chi connectivity index (χ1v) is 7.43. The van der Waals surface area contributed by atoms with Crippen molar-refractivity contribution in [3.05, 3.63) is 0 Å². The van der Waals surface area contributed by atoms with Gasteiger partial charge in [0.15, 0.2) is 0 Å². The molecule has 1 aliphatic rings. The van der Waals surface area contributed by atoms with Crippen LogP contribution in [-0.4, -0.2) is 44.3 Å². The fourth-order valence-electron chi connectivity index (χ4n) is 2.47. The lowest BCUT2D eigenvalue weighted by Crippen LogP contribution is -2.38. The van der Waals surface area contributed by atoms with Crippen LogP contribution in [0.3, 0.4) is 0 Å². The van der Waals surface area contributed by atoms with Crippen LogP contribution in [0.5, 0.6) is 0 Å². The summed E-state index contributed by atoms with van der Waals surface area (Å²) in [6.07, 6.45) is 5.28. The second-order valence-corrected chi connectivity index (χ2v) is 6.58. The minimum Gasteiger partial charge on any atom is -0.383 e. The molecule has 0 radical (unpaired) electrons. The average Bonchev–Trinajstić information content (AvgIpc) is 3.16. The Hall–Kier alpha value is -0.120. The number of nitrogens with zero attached hydrogens (tertiary/aromatic N) is 1. The number of methoxy groups -OCH3 is 1. The van der Waals surface area contributed by atoms with Gasteiger partial charge in [0.1, 0.15) is 0 Å². The molecular formula is C15H32N2O. The monoisotopic (exact) mass is 256 g/mol. The molecule has 1 rings (SSSR count). The van der Waals surface area contributed by atoms with Gasteiger partial charge in [-0.2, -0.15) is 0 Å². The fraction of sp³-hybridized carbons (Fsp3) is 1.00. The van der Waals surface area contributed by atoms with E-state index in [1.54, 1.807) is 7.11 Å². The summed E-state index contributed by atoms with van der Waals surface area (Å²) >= 11 is 0. The number of ether oxygens (including phenoxy) is 1. The lowest BCUT2D eigenvalue weighted by atomic mass is 9.88. The number of rotatable bonds is 10. The molecule has 3 heteroatoms. The van der Waals surface area contributed by atoms with Crippen LogP contribution in [0, 0.1) is 11.3 Å². The highest BCUT2D eigenvalue weighted by Gasteiger charge is 2.31. The zero-order valence-electron chi connectivity index (χ0n) is 12.7. The molecule has 0 saturated heterocycles. The van der Waals surface area contributed by atoms with E-state index >= 15 is 0 Å². The Morgan fingerprint density at radius 1 is 1.33 bits per heavy atom. The van der Waals surface area contributed by atoms with E-state index in [1.807, 2.05) is 0 Å². The maximum absolute atomic E-state index is 5.79. The average molecular weight is 256 g/mol. The van der Waals surface area contributed by atoms with Crippen LogP contribution in [0.4, 0.5) is 0 Å². The summed E-state index contributed by atoms with van der Waals surface area (Å²) in [6, 6.07) is 0.723. The molecule has 1 saturated carbocycles. The van der Waals surface area contributed by atoms with Gasteiger partial charge < -0.3 is 10.5 Å². The van der Waals surface area contributed by atoms with Gasteiger partial charge in [-0.15, -0.1) is 0 Å². The highest BCUT2D eigenvalue weighted by Crippen LogP contribution is 2.35. The van der Waals surface area contributed by atoms with Gasteiger partial charge in [0.2, 0.25) is 0 Å². The summed E-state index contributed by atoms with van der Waals surface area (Å²) < 4.78 is 5.23. The van der Waals surface area contributed by atoms with Crippen molar-refractivity contribution in [2.24, 2.45) is 17.1 Å². The predicted octanol–water partition coefficient (Wildman–Crippen LogP) is 2.50. The molecule has 0 aromatic rings. The Bertz CT molecular complexity index is 227. The van der Waals surface area contributed by atoms with Gasteiger partial charge in [0, 0.05) is 19.7 Å². The standard InChI is InChI=1S/C15H32N2O/c1-13(14-6-7-14)17(10-11-18-4)9-5-8-15(2,3)12-16/h13-14H,5-12,16H2,1-4H3. The molecule has 1 aliphatic carbocycles. The van der Waals surface area contributed by atoms with Crippen LogP contribution >= 0.6 is 0 Å². The maximum atomic E-state index is 5.79. The molecule has 1 unspecified atom stereocenters. The summed E-state index contributed by atoms with van der Waals surface area (Å²) in [7, 11) is 1.79. The Balaban J connectivity index is 2.31. The molecule has 2 N–H and O–H groups in total. The largest absolute Gasteiger partial charge is 0.383 e. The Kier molecular flexibility index (Phi) is 6.61. The molecular weight excluding hydrogens is 224 g/mol. The van der Waals surface area contributed by atoms with Crippen LogP contribution in [-0.2, 0) is 4.74 Å². The molecule has 0 amide bonds. The molecule has 18 heavy (non-hydrogen) atoms. The van der Waals surface area contributed by atoms with Crippen molar-refractivity contribution < 1.29 is 4.74 Å². The molecule has 0 aromatic heterocycles. The molecule has 108 valence electrons. The summed E-state index contributed by atoms with van der Waals surface area (Å²) in [6.45, 7) is 10.8. The topological polar surface area (TPSA) is 38.5 Å². The third kappa shape index (κ3) is 5.68. The van der Waals surface area contributed by atoms with Crippen LogP contribution < -0.4 is 5.73 Å². The predicted molar refractivity (Wildman–Crippen MR) is 77.7 cm³/mol. The van der Waals surface area contributed by atoms with Gasteiger partial charge in [0.05, 0.1) is 6.61 Å². The second kappa shape index (κ2) is 7.46. The maximum Gasteiger partial charge on any atom is 0.0589 e. The minimum atomic E-state index is 0.287. The molecule has 1 atom stereocenters. The Morgan fingerprint density at radius 3 is 2.50 bits per heavy atom. The van der Waals surface area contributed by atoms with Gasteiger partial charge in [0.25, 0.3) is 0 Å². The number of hydrogen-bond donors (Lipinski definition) is 1. The van der Waals surface area contributed by atoms with E-state index in [0.717, 1.165) is 31.7 Å². The minimum absolute atomic E-state index is 0.287. The summed E-state index contributed by atoms with van der Waals surface area (Å²) in [5.74, 6) is 0.935. The third-order valence-corrected chi connectivity index (χ3v) is 4.31. The first kappa shape index (κ1) is 15.9. The Morgan fingerprint density at radius 2 is 2.00 bits per heavy atom. The molecule has 0 spiro atoms. The highest BCUT2D eigenvalue weighted by molar-refractivity contribution is 4.85. The Labute approximate surface area is 113 Å². The fourth-order valence-corrected chi connectivity index (χ4v) is 2.47. The molecule has 0 aromatic carbocycles. The van der Waals surface area contributed by atoms with Gasteiger partial charge in [-0.25, -0.2) is 0 Å². The zero-order chi connectivity index (χ0) is 13.6. The van der Waals surface area contributed by atoms with Crippen LogP contribution in [0.25, 0.3) is 0 Å². The zero-order valence-corrected chi connectivity index (χ0v) is 12.7.